The first-order valence-corrected chi connectivity index (χ1v) is 10.8. The lowest BCUT2D eigenvalue weighted by Gasteiger charge is -2.22. The molecular formula is C22H24Cl3NO2. The van der Waals surface area contributed by atoms with Crippen molar-refractivity contribution >= 4 is 46.0 Å². The van der Waals surface area contributed by atoms with E-state index in [9.17, 15) is 9.59 Å². The first-order valence-electron chi connectivity index (χ1n) is 9.34. The summed E-state index contributed by atoms with van der Waals surface area (Å²) in [6, 6.07) is 14.7. The summed E-state index contributed by atoms with van der Waals surface area (Å²) in [5, 5.41) is 2.66. The molecule has 1 aliphatic rings. The van der Waals surface area contributed by atoms with Crippen LogP contribution in [-0.2, 0) is 11.8 Å². The zero-order valence-electron chi connectivity index (χ0n) is 15.6. The molecule has 0 heterocycles. The summed E-state index contributed by atoms with van der Waals surface area (Å²) in [5.74, 6) is 0.986. The van der Waals surface area contributed by atoms with E-state index in [-0.39, 0.29) is 5.91 Å². The molecule has 1 N–H and O–H groups in total. The van der Waals surface area contributed by atoms with Crippen LogP contribution in [0.15, 0.2) is 48.5 Å². The van der Waals surface area contributed by atoms with Crippen LogP contribution in [0.5, 0.6) is 0 Å². The smallest absolute Gasteiger partial charge is 0.252 e. The summed E-state index contributed by atoms with van der Waals surface area (Å²) in [5.41, 5.74) is 3.25. The molecule has 1 amide bonds. The third kappa shape index (κ3) is 7.46. The third-order valence-electron chi connectivity index (χ3n) is 4.65. The van der Waals surface area contributed by atoms with Crippen molar-refractivity contribution < 1.29 is 9.59 Å². The third-order valence-corrected chi connectivity index (χ3v) is 5.48. The van der Waals surface area contributed by atoms with E-state index in [1.54, 1.807) is 24.3 Å². The fourth-order valence-electron chi connectivity index (χ4n) is 2.99. The van der Waals surface area contributed by atoms with Gasteiger partial charge in [0.05, 0.1) is 0 Å². The Kier molecular flexibility index (Phi) is 9.83. The Morgan fingerprint density at radius 1 is 0.786 bits per heavy atom. The van der Waals surface area contributed by atoms with Crippen molar-refractivity contribution in [3.63, 3.8) is 0 Å². The first kappa shape index (κ1) is 22.7. The molecule has 0 aliphatic heterocycles. The van der Waals surface area contributed by atoms with Crippen molar-refractivity contribution in [3.05, 3.63) is 70.8 Å². The molecule has 0 spiro atoms. The van der Waals surface area contributed by atoms with E-state index in [0.717, 1.165) is 29.5 Å². The molecule has 0 saturated heterocycles. The van der Waals surface area contributed by atoms with E-state index in [4.69, 9.17) is 34.8 Å². The number of nitrogens with one attached hydrogen (secondary N) is 1. The monoisotopic (exact) mass is 439 g/mol. The minimum atomic E-state index is -0.439. The second kappa shape index (κ2) is 12.1. The predicted octanol–water partition coefficient (Wildman–Crippen LogP) is 6.29. The van der Waals surface area contributed by atoms with Gasteiger partial charge in [0, 0.05) is 28.9 Å². The van der Waals surface area contributed by atoms with Crippen LogP contribution in [0.25, 0.3) is 0 Å². The molecule has 6 heteroatoms. The second-order valence-electron chi connectivity index (χ2n) is 6.74. The molecule has 1 fully saturated rings. The molecule has 1 aliphatic carbocycles. The van der Waals surface area contributed by atoms with Gasteiger partial charge in [0.2, 0.25) is 0 Å². The molecule has 2 aromatic carbocycles. The van der Waals surface area contributed by atoms with Crippen LogP contribution in [0, 0.1) is 0 Å². The fraction of sp³-hybridized carbons (Fsp3) is 0.364. The highest BCUT2D eigenvalue weighted by Gasteiger charge is 2.16. The van der Waals surface area contributed by atoms with Crippen LogP contribution in [0.3, 0.4) is 0 Å². The van der Waals surface area contributed by atoms with Crippen molar-refractivity contribution in [2.45, 2.75) is 49.9 Å². The standard InChI is InChI=1S/C14H18ClNO.C8H6Cl2O/c15-10-11-6-8-12(9-7-11)14(17)16-13-4-2-1-3-5-13;9-5-6-1-3-7(4-2-6)8(10)11/h6-9,13H,1-5,10H2,(H,16,17);1-4H,5H2. The van der Waals surface area contributed by atoms with E-state index in [2.05, 4.69) is 5.32 Å². The molecule has 2 aromatic rings. The van der Waals surface area contributed by atoms with Gasteiger partial charge in [-0.05, 0) is 59.8 Å². The lowest BCUT2D eigenvalue weighted by atomic mass is 9.95. The lowest BCUT2D eigenvalue weighted by Crippen LogP contribution is -2.36. The normalized spacial score (nSPS) is 14.0. The van der Waals surface area contributed by atoms with Crippen molar-refractivity contribution in [2.75, 3.05) is 0 Å². The van der Waals surface area contributed by atoms with E-state index >= 15 is 0 Å². The summed E-state index contributed by atoms with van der Waals surface area (Å²) in [7, 11) is 0. The number of benzene rings is 2. The number of halogens is 3. The quantitative estimate of drug-likeness (QED) is 0.438. The topological polar surface area (TPSA) is 46.2 Å². The molecule has 0 aromatic heterocycles. The summed E-state index contributed by atoms with van der Waals surface area (Å²) in [6.07, 6.45) is 6.00. The van der Waals surface area contributed by atoms with Crippen LogP contribution < -0.4 is 5.32 Å². The van der Waals surface area contributed by atoms with E-state index in [1.165, 1.54) is 19.3 Å². The highest BCUT2D eigenvalue weighted by molar-refractivity contribution is 6.67. The van der Waals surface area contributed by atoms with Gasteiger partial charge >= 0.3 is 0 Å². The molecule has 0 bridgehead atoms. The minimum absolute atomic E-state index is 0.0398. The highest BCUT2D eigenvalue weighted by atomic mass is 35.5. The van der Waals surface area contributed by atoms with Crippen molar-refractivity contribution in [2.24, 2.45) is 0 Å². The van der Waals surface area contributed by atoms with Gasteiger partial charge in [0.25, 0.3) is 11.1 Å². The van der Waals surface area contributed by atoms with Gasteiger partial charge in [0.1, 0.15) is 0 Å². The fourth-order valence-corrected chi connectivity index (χ4v) is 3.47. The second-order valence-corrected chi connectivity index (χ2v) is 7.62. The summed E-state index contributed by atoms with van der Waals surface area (Å²) >= 11 is 16.5. The number of hydrogen-bond acceptors (Lipinski definition) is 2. The Hall–Kier alpha value is -1.55. The largest absolute Gasteiger partial charge is 0.349 e. The van der Waals surface area contributed by atoms with Gasteiger partial charge in [-0.25, -0.2) is 0 Å². The Labute approximate surface area is 181 Å². The molecule has 0 radical (unpaired) electrons. The van der Waals surface area contributed by atoms with Crippen LogP contribution in [0.1, 0.15) is 63.9 Å². The first-order chi connectivity index (χ1) is 13.5. The van der Waals surface area contributed by atoms with Crippen LogP contribution in [-0.4, -0.2) is 17.2 Å². The van der Waals surface area contributed by atoms with Crippen LogP contribution in [0.4, 0.5) is 0 Å². The zero-order valence-corrected chi connectivity index (χ0v) is 17.9. The predicted molar refractivity (Wildman–Crippen MR) is 117 cm³/mol. The van der Waals surface area contributed by atoms with Gasteiger partial charge in [0.15, 0.2) is 0 Å². The zero-order chi connectivity index (χ0) is 20.4. The molecule has 3 nitrogen and oxygen atoms in total. The van der Waals surface area contributed by atoms with E-state index in [1.807, 2.05) is 24.3 Å². The minimum Gasteiger partial charge on any atom is -0.349 e. The molecule has 0 unspecified atom stereocenters. The molecule has 150 valence electrons. The van der Waals surface area contributed by atoms with Gasteiger partial charge < -0.3 is 5.32 Å². The average molecular weight is 441 g/mol. The van der Waals surface area contributed by atoms with E-state index in [0.29, 0.717) is 23.4 Å². The molecule has 28 heavy (non-hydrogen) atoms. The number of carbonyl (C=O) groups excluding carboxylic acids is 2. The molecule has 0 atom stereocenters. The van der Waals surface area contributed by atoms with Crippen LogP contribution >= 0.6 is 34.8 Å². The average Bonchev–Trinajstić information content (AvgIpc) is 2.75. The summed E-state index contributed by atoms with van der Waals surface area (Å²) < 4.78 is 0. The Morgan fingerprint density at radius 3 is 1.68 bits per heavy atom. The van der Waals surface area contributed by atoms with Gasteiger partial charge in [-0.1, -0.05) is 43.5 Å². The van der Waals surface area contributed by atoms with Gasteiger partial charge in [-0.3, -0.25) is 9.59 Å². The maximum atomic E-state index is 12.0. The maximum Gasteiger partial charge on any atom is 0.252 e. The number of hydrogen-bond donors (Lipinski definition) is 1. The number of amides is 1. The van der Waals surface area contributed by atoms with E-state index < -0.39 is 5.24 Å². The Morgan fingerprint density at radius 2 is 1.25 bits per heavy atom. The van der Waals surface area contributed by atoms with Crippen molar-refractivity contribution in [1.82, 2.24) is 5.32 Å². The van der Waals surface area contributed by atoms with Gasteiger partial charge in [-0.15, -0.1) is 23.2 Å². The maximum absolute atomic E-state index is 12.0. The molecular weight excluding hydrogens is 417 g/mol. The van der Waals surface area contributed by atoms with Gasteiger partial charge in [-0.2, -0.15) is 0 Å². The number of rotatable bonds is 5. The van der Waals surface area contributed by atoms with Crippen molar-refractivity contribution in [1.29, 1.82) is 0 Å². The lowest BCUT2D eigenvalue weighted by molar-refractivity contribution is 0.0927. The highest BCUT2D eigenvalue weighted by Crippen LogP contribution is 2.18. The number of carbonyl (C=O) groups is 2. The summed E-state index contributed by atoms with van der Waals surface area (Å²) in [6.45, 7) is 0. The molecule has 3 rings (SSSR count). The Balaban J connectivity index is 0.000000221. The number of alkyl halides is 2. The van der Waals surface area contributed by atoms with Crippen LogP contribution in [0.2, 0.25) is 0 Å². The summed E-state index contributed by atoms with van der Waals surface area (Å²) in [4.78, 5) is 22.5. The SMILES string of the molecule is O=C(Cl)c1ccc(CCl)cc1.O=C(NC1CCCCC1)c1ccc(CCl)cc1. The Bertz CT molecular complexity index is 754. The molecule has 1 saturated carbocycles. The van der Waals surface area contributed by atoms with Crippen molar-refractivity contribution in [3.8, 4) is 0 Å².